The Kier molecular flexibility index (Phi) is 4.24. The smallest absolute Gasteiger partial charge is 0.263 e. The normalized spacial score (nSPS) is 11.7. The number of rotatable bonds is 5. The van der Waals surface area contributed by atoms with Crippen molar-refractivity contribution in [3.63, 3.8) is 0 Å². The molecule has 0 spiro atoms. The standard InChI is InChI=1S/C12H15N3O3S2/c1-2-20(17,18)7-6-14-11(16)10-9(13)8-4-3-5-15-12(8)19-10/h3-5H,2,6-7,13H2,1H3,(H,14,16). The minimum atomic E-state index is -3.09. The summed E-state index contributed by atoms with van der Waals surface area (Å²) in [4.78, 5) is 17.2. The van der Waals surface area contributed by atoms with Gasteiger partial charge in [0.25, 0.3) is 5.91 Å². The van der Waals surface area contributed by atoms with Crippen molar-refractivity contribution in [1.82, 2.24) is 10.3 Å². The molecule has 0 fully saturated rings. The minimum absolute atomic E-state index is 0.0673. The second kappa shape index (κ2) is 5.76. The summed E-state index contributed by atoms with van der Waals surface area (Å²) in [6.07, 6.45) is 1.63. The van der Waals surface area contributed by atoms with E-state index in [0.717, 1.165) is 5.39 Å². The first kappa shape index (κ1) is 14.7. The summed E-state index contributed by atoms with van der Waals surface area (Å²) in [7, 11) is -3.09. The monoisotopic (exact) mass is 313 g/mol. The van der Waals surface area contributed by atoms with E-state index < -0.39 is 9.84 Å². The van der Waals surface area contributed by atoms with Gasteiger partial charge in [-0.1, -0.05) is 6.92 Å². The summed E-state index contributed by atoms with van der Waals surface area (Å²) in [6, 6.07) is 3.55. The molecule has 2 aromatic rings. The van der Waals surface area contributed by atoms with Crippen LogP contribution in [0.25, 0.3) is 10.2 Å². The Balaban J connectivity index is 2.10. The number of hydrogen-bond donors (Lipinski definition) is 2. The number of fused-ring (bicyclic) bond motifs is 1. The first-order valence-corrected chi connectivity index (χ1v) is 8.70. The van der Waals surface area contributed by atoms with Gasteiger partial charge in [0, 0.05) is 23.9 Å². The zero-order chi connectivity index (χ0) is 14.8. The lowest BCUT2D eigenvalue weighted by atomic mass is 10.2. The molecule has 0 saturated carbocycles. The Bertz CT molecular complexity index is 737. The molecule has 1 amide bonds. The maximum Gasteiger partial charge on any atom is 0.263 e. The first-order chi connectivity index (χ1) is 9.44. The average molecular weight is 313 g/mol. The lowest BCUT2D eigenvalue weighted by Gasteiger charge is -2.04. The molecule has 0 aromatic carbocycles. The van der Waals surface area contributed by atoms with Gasteiger partial charge in [-0.05, 0) is 12.1 Å². The number of nitrogens with one attached hydrogen (secondary N) is 1. The number of hydrogen-bond acceptors (Lipinski definition) is 6. The predicted octanol–water partition coefficient (Wildman–Crippen LogP) is 1.04. The highest BCUT2D eigenvalue weighted by molar-refractivity contribution is 7.91. The molecule has 0 aliphatic heterocycles. The summed E-state index contributed by atoms with van der Waals surface area (Å²) in [5.74, 6) is -0.368. The molecule has 2 heterocycles. The average Bonchev–Trinajstić information content (AvgIpc) is 2.76. The lowest BCUT2D eigenvalue weighted by molar-refractivity contribution is 0.0961. The van der Waals surface area contributed by atoms with Gasteiger partial charge in [0.1, 0.15) is 9.71 Å². The molecule has 6 nitrogen and oxygen atoms in total. The van der Waals surface area contributed by atoms with Gasteiger partial charge >= 0.3 is 0 Å². The summed E-state index contributed by atoms with van der Waals surface area (Å²) in [5.41, 5.74) is 6.30. The van der Waals surface area contributed by atoms with Gasteiger partial charge < -0.3 is 11.1 Å². The van der Waals surface area contributed by atoms with E-state index in [1.54, 1.807) is 25.3 Å². The Morgan fingerprint density at radius 1 is 1.50 bits per heavy atom. The van der Waals surface area contributed by atoms with Crippen LogP contribution in [0.2, 0.25) is 0 Å². The highest BCUT2D eigenvalue weighted by atomic mass is 32.2. The number of thiophene rings is 1. The number of carbonyl (C=O) groups is 1. The van der Waals surface area contributed by atoms with Crippen molar-refractivity contribution in [3.8, 4) is 0 Å². The van der Waals surface area contributed by atoms with E-state index in [1.165, 1.54) is 11.3 Å². The van der Waals surface area contributed by atoms with Crippen molar-refractivity contribution in [2.75, 3.05) is 23.8 Å². The summed E-state index contributed by atoms with van der Waals surface area (Å²) in [5, 5.41) is 3.32. The topological polar surface area (TPSA) is 102 Å². The van der Waals surface area contributed by atoms with Gasteiger partial charge in [0.15, 0.2) is 9.84 Å². The van der Waals surface area contributed by atoms with Gasteiger partial charge in [0.05, 0.1) is 11.4 Å². The largest absolute Gasteiger partial charge is 0.397 e. The van der Waals surface area contributed by atoms with E-state index >= 15 is 0 Å². The summed E-state index contributed by atoms with van der Waals surface area (Å²) >= 11 is 1.20. The summed E-state index contributed by atoms with van der Waals surface area (Å²) in [6.45, 7) is 1.66. The molecule has 108 valence electrons. The lowest BCUT2D eigenvalue weighted by Crippen LogP contribution is -2.29. The number of pyridine rings is 1. The van der Waals surface area contributed by atoms with Crippen LogP contribution in [-0.2, 0) is 9.84 Å². The van der Waals surface area contributed by atoms with Crippen molar-refractivity contribution in [2.24, 2.45) is 0 Å². The highest BCUT2D eigenvalue weighted by Gasteiger charge is 2.17. The SMILES string of the molecule is CCS(=O)(=O)CCNC(=O)c1sc2ncccc2c1N. The molecule has 8 heteroatoms. The van der Waals surface area contributed by atoms with Crippen LogP contribution in [0.4, 0.5) is 5.69 Å². The molecule has 0 bridgehead atoms. The van der Waals surface area contributed by atoms with Crippen molar-refractivity contribution in [3.05, 3.63) is 23.2 Å². The Hall–Kier alpha value is -1.67. The van der Waals surface area contributed by atoms with Gasteiger partial charge in [-0.2, -0.15) is 0 Å². The van der Waals surface area contributed by atoms with Crippen LogP contribution in [0.15, 0.2) is 18.3 Å². The summed E-state index contributed by atoms with van der Waals surface area (Å²) < 4.78 is 22.7. The fourth-order valence-corrected chi connectivity index (χ4v) is 3.35. The number of nitrogens with zero attached hydrogens (tertiary/aromatic N) is 1. The van der Waals surface area contributed by atoms with Crippen molar-refractivity contribution >= 4 is 43.0 Å². The zero-order valence-corrected chi connectivity index (χ0v) is 12.6. The molecule has 2 aromatic heterocycles. The molecule has 0 aliphatic rings. The molecular formula is C12H15N3O3S2. The maximum atomic E-state index is 12.0. The van der Waals surface area contributed by atoms with E-state index in [1.807, 2.05) is 0 Å². The van der Waals surface area contributed by atoms with Gasteiger partial charge in [-0.3, -0.25) is 4.79 Å². The number of amides is 1. The highest BCUT2D eigenvalue weighted by Crippen LogP contribution is 2.31. The molecule has 0 radical (unpaired) electrons. The molecular weight excluding hydrogens is 298 g/mol. The fourth-order valence-electron chi connectivity index (χ4n) is 1.66. The quantitative estimate of drug-likeness (QED) is 0.858. The molecule has 3 N–H and O–H groups in total. The fraction of sp³-hybridized carbons (Fsp3) is 0.333. The third-order valence-electron chi connectivity index (χ3n) is 2.85. The third-order valence-corrected chi connectivity index (χ3v) is 5.68. The van der Waals surface area contributed by atoms with E-state index in [0.29, 0.717) is 15.4 Å². The van der Waals surface area contributed by atoms with Crippen LogP contribution in [0.5, 0.6) is 0 Å². The van der Waals surface area contributed by atoms with Crippen LogP contribution in [0, 0.1) is 0 Å². The predicted molar refractivity (Wildman–Crippen MR) is 80.7 cm³/mol. The van der Waals surface area contributed by atoms with Crippen LogP contribution >= 0.6 is 11.3 Å². The Morgan fingerprint density at radius 2 is 2.25 bits per heavy atom. The molecule has 20 heavy (non-hydrogen) atoms. The van der Waals surface area contributed by atoms with Crippen LogP contribution in [-0.4, -0.2) is 37.4 Å². The molecule has 0 atom stereocenters. The molecule has 0 unspecified atom stereocenters. The van der Waals surface area contributed by atoms with E-state index in [2.05, 4.69) is 10.3 Å². The molecule has 0 aliphatic carbocycles. The number of aromatic nitrogens is 1. The van der Waals surface area contributed by atoms with E-state index in [-0.39, 0.29) is 24.0 Å². The molecule has 0 saturated heterocycles. The number of nitrogen functional groups attached to an aromatic ring is 1. The third kappa shape index (κ3) is 3.07. The van der Waals surface area contributed by atoms with Gasteiger partial charge in [-0.15, -0.1) is 11.3 Å². The van der Waals surface area contributed by atoms with Gasteiger partial charge in [-0.25, -0.2) is 13.4 Å². The number of sulfone groups is 1. The van der Waals surface area contributed by atoms with E-state index in [9.17, 15) is 13.2 Å². The Labute approximate surface area is 120 Å². The minimum Gasteiger partial charge on any atom is -0.397 e. The number of anilines is 1. The molecule has 2 rings (SSSR count). The van der Waals surface area contributed by atoms with Crippen molar-refractivity contribution in [1.29, 1.82) is 0 Å². The van der Waals surface area contributed by atoms with Crippen LogP contribution < -0.4 is 11.1 Å². The maximum absolute atomic E-state index is 12.0. The second-order valence-electron chi connectivity index (χ2n) is 4.19. The zero-order valence-electron chi connectivity index (χ0n) is 10.9. The number of carbonyl (C=O) groups excluding carboxylic acids is 1. The Morgan fingerprint density at radius 3 is 2.90 bits per heavy atom. The van der Waals surface area contributed by atoms with E-state index in [4.69, 9.17) is 5.73 Å². The van der Waals surface area contributed by atoms with Crippen LogP contribution in [0.3, 0.4) is 0 Å². The first-order valence-electron chi connectivity index (χ1n) is 6.06. The van der Waals surface area contributed by atoms with Crippen molar-refractivity contribution in [2.45, 2.75) is 6.92 Å². The van der Waals surface area contributed by atoms with Crippen LogP contribution in [0.1, 0.15) is 16.6 Å². The second-order valence-corrected chi connectivity index (χ2v) is 7.67. The van der Waals surface area contributed by atoms with Crippen molar-refractivity contribution < 1.29 is 13.2 Å². The van der Waals surface area contributed by atoms with Gasteiger partial charge in [0.2, 0.25) is 0 Å². The number of nitrogens with two attached hydrogens (primary N) is 1.